The van der Waals surface area contributed by atoms with Crippen LogP contribution in [-0.4, -0.2) is 4.98 Å². The number of nitrogens with zero attached hydrogens (tertiary/aromatic N) is 1. The Kier molecular flexibility index (Phi) is 14.8. The number of aryl methyl sites for hydroxylation is 1. The fraction of sp³-hybridized carbons (Fsp3) is 0.656. The zero-order chi connectivity index (χ0) is 25.2. The van der Waals surface area contributed by atoms with Gasteiger partial charge in [0.1, 0.15) is 0 Å². The van der Waals surface area contributed by atoms with Gasteiger partial charge in [0.05, 0.1) is 5.69 Å². The van der Waals surface area contributed by atoms with Gasteiger partial charge in [0.2, 0.25) is 0 Å². The summed E-state index contributed by atoms with van der Waals surface area (Å²) in [6.45, 7) is 4.46. The zero-order valence-corrected chi connectivity index (χ0v) is 22.5. The Morgan fingerprint density at radius 1 is 0.600 bits per heavy atom. The Hall–Kier alpha value is -1.77. The highest BCUT2D eigenvalue weighted by molar-refractivity contribution is 5.59. The highest BCUT2D eigenvalue weighted by Gasteiger charge is 2.31. The van der Waals surface area contributed by atoms with E-state index in [1.54, 1.807) is 12.1 Å². The maximum absolute atomic E-state index is 14.6. The van der Waals surface area contributed by atoms with Crippen molar-refractivity contribution in [2.24, 2.45) is 0 Å². The summed E-state index contributed by atoms with van der Waals surface area (Å²) in [6.07, 6.45) is 21.7. The Morgan fingerprint density at radius 3 is 1.63 bits per heavy atom. The zero-order valence-electron chi connectivity index (χ0n) is 22.5. The molecular weight excluding hydrogens is 436 g/mol. The number of benzene rings is 1. The molecule has 35 heavy (non-hydrogen) atoms. The number of unbranched alkanes of at least 4 members (excludes halogenated alkanes) is 14. The third-order valence-electron chi connectivity index (χ3n) is 7.10. The van der Waals surface area contributed by atoms with Crippen LogP contribution in [-0.2, 0) is 12.3 Å². The first-order valence-electron chi connectivity index (χ1n) is 14.5. The number of alkyl halides is 2. The second-order valence-corrected chi connectivity index (χ2v) is 10.3. The van der Waals surface area contributed by atoms with Crippen LogP contribution in [0.1, 0.15) is 134 Å². The van der Waals surface area contributed by atoms with Crippen LogP contribution in [0.15, 0.2) is 42.6 Å². The minimum atomic E-state index is -2.80. The van der Waals surface area contributed by atoms with Crippen molar-refractivity contribution in [1.29, 1.82) is 0 Å². The maximum Gasteiger partial charge on any atom is 0.274 e. The summed E-state index contributed by atoms with van der Waals surface area (Å²) in [5.74, 6) is -2.80. The Labute approximate surface area is 214 Å². The van der Waals surface area contributed by atoms with Crippen LogP contribution >= 0.6 is 0 Å². The van der Waals surface area contributed by atoms with Gasteiger partial charge in [-0.05, 0) is 37.0 Å². The smallest absolute Gasteiger partial charge is 0.256 e. The monoisotopic (exact) mass is 485 g/mol. The first-order valence-corrected chi connectivity index (χ1v) is 14.5. The summed E-state index contributed by atoms with van der Waals surface area (Å²) in [7, 11) is 0. The second kappa shape index (κ2) is 17.6. The normalized spacial score (nSPS) is 11.8. The molecule has 0 unspecified atom stereocenters. The highest BCUT2D eigenvalue weighted by Crippen LogP contribution is 2.34. The van der Waals surface area contributed by atoms with Crippen molar-refractivity contribution < 1.29 is 8.78 Å². The van der Waals surface area contributed by atoms with Crippen molar-refractivity contribution in [3.63, 3.8) is 0 Å². The van der Waals surface area contributed by atoms with Gasteiger partial charge in [0.25, 0.3) is 5.92 Å². The lowest BCUT2D eigenvalue weighted by Gasteiger charge is -2.16. The largest absolute Gasteiger partial charge is 0.274 e. The summed E-state index contributed by atoms with van der Waals surface area (Å²) in [5, 5.41) is 0. The Bertz CT molecular complexity index is 767. The number of pyridine rings is 1. The predicted octanol–water partition coefficient (Wildman–Crippen LogP) is 11.1. The number of hydrogen-bond donors (Lipinski definition) is 0. The maximum atomic E-state index is 14.6. The quantitative estimate of drug-likeness (QED) is 0.170. The van der Waals surface area contributed by atoms with E-state index in [9.17, 15) is 8.78 Å². The van der Waals surface area contributed by atoms with Crippen molar-refractivity contribution >= 4 is 0 Å². The summed E-state index contributed by atoms with van der Waals surface area (Å²) < 4.78 is 29.3. The summed E-state index contributed by atoms with van der Waals surface area (Å²) in [5.41, 5.74) is 3.13. The Balaban J connectivity index is 1.70. The molecule has 0 aliphatic carbocycles. The summed E-state index contributed by atoms with van der Waals surface area (Å²) >= 11 is 0. The van der Waals surface area contributed by atoms with Gasteiger partial charge in [0, 0.05) is 23.7 Å². The molecule has 0 fully saturated rings. The lowest BCUT2D eigenvalue weighted by Crippen LogP contribution is -2.13. The van der Waals surface area contributed by atoms with E-state index in [4.69, 9.17) is 0 Å². The first kappa shape index (κ1) is 29.5. The molecule has 0 aliphatic heterocycles. The standard InChI is InChI=1S/C32H49F2N/c1-3-5-7-9-11-13-15-17-19-28-20-22-29(23-21-28)31-25-24-30(27-35-31)32(33,34)26-18-16-14-12-10-8-6-4-2/h20-25,27H,3-19,26H2,1-2H3. The van der Waals surface area contributed by atoms with Gasteiger partial charge in [-0.1, -0.05) is 128 Å². The SMILES string of the molecule is CCCCCCCCCCc1ccc(-c2ccc(C(F)(F)CCCCCCCCCC)cn2)cc1. The molecule has 0 spiro atoms. The van der Waals surface area contributed by atoms with Crippen molar-refractivity contribution in [2.75, 3.05) is 0 Å². The van der Waals surface area contributed by atoms with Crippen molar-refractivity contribution in [3.8, 4) is 11.3 Å². The van der Waals surface area contributed by atoms with Crippen LogP contribution in [0.3, 0.4) is 0 Å². The number of aromatic nitrogens is 1. The van der Waals surface area contributed by atoms with Crippen molar-refractivity contribution in [2.45, 2.75) is 135 Å². The molecule has 0 bridgehead atoms. The average Bonchev–Trinajstić information content (AvgIpc) is 2.88. The van der Waals surface area contributed by atoms with Crippen molar-refractivity contribution in [1.82, 2.24) is 4.98 Å². The molecule has 0 amide bonds. The highest BCUT2D eigenvalue weighted by atomic mass is 19.3. The van der Waals surface area contributed by atoms with Crippen molar-refractivity contribution in [3.05, 3.63) is 53.7 Å². The van der Waals surface area contributed by atoms with E-state index in [0.29, 0.717) is 6.42 Å². The molecule has 0 radical (unpaired) electrons. The lowest BCUT2D eigenvalue weighted by atomic mass is 10.0. The predicted molar refractivity (Wildman–Crippen MR) is 147 cm³/mol. The minimum absolute atomic E-state index is 0.0375. The van der Waals surface area contributed by atoms with Gasteiger partial charge < -0.3 is 0 Å². The van der Waals surface area contributed by atoms with Crippen LogP contribution in [0, 0.1) is 0 Å². The molecule has 0 saturated heterocycles. The Morgan fingerprint density at radius 2 is 1.11 bits per heavy atom. The van der Waals surface area contributed by atoms with E-state index in [2.05, 4.69) is 43.1 Å². The van der Waals surface area contributed by atoms with Gasteiger partial charge in [-0.2, -0.15) is 0 Å². The molecule has 196 valence electrons. The fourth-order valence-corrected chi connectivity index (χ4v) is 4.71. The lowest BCUT2D eigenvalue weighted by molar-refractivity contribution is -0.0161. The van der Waals surface area contributed by atoms with Gasteiger partial charge >= 0.3 is 0 Å². The molecule has 0 saturated carbocycles. The van der Waals surface area contributed by atoms with Gasteiger partial charge in [-0.15, -0.1) is 0 Å². The molecule has 1 nitrogen and oxygen atoms in total. The molecule has 0 aliphatic rings. The molecule has 1 aromatic carbocycles. The summed E-state index contributed by atoms with van der Waals surface area (Å²) in [6, 6.07) is 11.7. The third kappa shape index (κ3) is 12.2. The minimum Gasteiger partial charge on any atom is -0.256 e. The topological polar surface area (TPSA) is 12.9 Å². The van der Waals surface area contributed by atoms with Crippen LogP contribution in [0.5, 0.6) is 0 Å². The van der Waals surface area contributed by atoms with E-state index in [-0.39, 0.29) is 12.0 Å². The number of halogens is 2. The van der Waals surface area contributed by atoms with Gasteiger partial charge in [-0.25, -0.2) is 8.78 Å². The molecule has 2 rings (SSSR count). The second-order valence-electron chi connectivity index (χ2n) is 10.3. The number of rotatable bonds is 20. The van der Waals surface area contributed by atoms with Crippen LogP contribution < -0.4 is 0 Å². The molecule has 1 aromatic heterocycles. The van der Waals surface area contributed by atoms with Gasteiger partial charge in [0.15, 0.2) is 0 Å². The van der Waals surface area contributed by atoms with E-state index in [1.807, 2.05) is 0 Å². The average molecular weight is 486 g/mol. The van der Waals surface area contributed by atoms with Crippen LogP contribution in [0.2, 0.25) is 0 Å². The third-order valence-corrected chi connectivity index (χ3v) is 7.10. The molecule has 3 heteroatoms. The van der Waals surface area contributed by atoms with Crippen LogP contribution in [0.4, 0.5) is 8.78 Å². The molecule has 0 atom stereocenters. The molecule has 2 aromatic rings. The number of hydrogen-bond acceptors (Lipinski definition) is 1. The van der Waals surface area contributed by atoms with E-state index in [0.717, 1.165) is 30.5 Å². The molecular formula is C32H49F2N. The molecule has 1 heterocycles. The van der Waals surface area contributed by atoms with Crippen LogP contribution in [0.25, 0.3) is 11.3 Å². The fourth-order valence-electron chi connectivity index (χ4n) is 4.71. The molecule has 0 N–H and O–H groups in total. The van der Waals surface area contributed by atoms with E-state index in [1.165, 1.54) is 95.2 Å². The van der Waals surface area contributed by atoms with E-state index >= 15 is 0 Å². The summed E-state index contributed by atoms with van der Waals surface area (Å²) in [4.78, 5) is 4.37. The first-order chi connectivity index (χ1) is 17.1. The van der Waals surface area contributed by atoms with Gasteiger partial charge in [-0.3, -0.25) is 4.98 Å². The van der Waals surface area contributed by atoms with E-state index < -0.39 is 5.92 Å².